The Hall–Kier alpha value is -1.86. The Labute approximate surface area is 139 Å². The number of aromatic nitrogens is 3. The minimum atomic E-state index is -0.449. The van der Waals surface area contributed by atoms with Crippen LogP contribution in [0.25, 0.3) is 5.65 Å². The second kappa shape index (κ2) is 7.61. The van der Waals surface area contributed by atoms with Crippen LogP contribution in [0.5, 0.6) is 0 Å². The lowest BCUT2D eigenvalue weighted by Gasteiger charge is -2.23. The van der Waals surface area contributed by atoms with Gasteiger partial charge >= 0.3 is 5.97 Å². The number of esters is 1. The Morgan fingerprint density at radius 3 is 2.87 bits per heavy atom. The zero-order chi connectivity index (χ0) is 15.5. The van der Waals surface area contributed by atoms with Crippen LogP contribution in [-0.2, 0) is 4.74 Å². The summed E-state index contributed by atoms with van der Waals surface area (Å²) in [7, 11) is 0. The van der Waals surface area contributed by atoms with E-state index in [2.05, 4.69) is 15.4 Å². The summed E-state index contributed by atoms with van der Waals surface area (Å²) in [5.41, 5.74) is 1.37. The summed E-state index contributed by atoms with van der Waals surface area (Å²) in [5.74, 6) is -0.180. The molecule has 0 aromatic carbocycles. The van der Waals surface area contributed by atoms with Crippen molar-refractivity contribution in [2.75, 3.05) is 19.7 Å². The highest BCUT2D eigenvalue weighted by atomic mass is 35.5. The van der Waals surface area contributed by atoms with Crippen molar-refractivity contribution in [1.82, 2.24) is 19.9 Å². The van der Waals surface area contributed by atoms with E-state index in [9.17, 15) is 9.59 Å². The number of halogens is 1. The number of piperidine rings is 1. The zero-order valence-electron chi connectivity index (χ0n) is 13.0. The Morgan fingerprint density at radius 2 is 2.17 bits per heavy atom. The quantitative estimate of drug-likeness (QED) is 0.823. The molecule has 2 aromatic heterocycles. The van der Waals surface area contributed by atoms with Crippen molar-refractivity contribution >= 4 is 24.0 Å². The van der Waals surface area contributed by atoms with Gasteiger partial charge in [0.05, 0.1) is 18.5 Å². The van der Waals surface area contributed by atoms with Crippen LogP contribution in [0.2, 0.25) is 0 Å². The zero-order valence-corrected chi connectivity index (χ0v) is 13.8. The summed E-state index contributed by atoms with van der Waals surface area (Å²) in [4.78, 5) is 26.7. The molecular formula is C15H21ClN4O3. The number of ether oxygens (including phenoxy) is 1. The number of fused-ring (bicyclic) bond motifs is 1. The molecule has 3 heterocycles. The molecule has 0 aliphatic carbocycles. The van der Waals surface area contributed by atoms with E-state index in [1.807, 2.05) is 6.92 Å². The molecule has 0 atom stereocenters. The van der Waals surface area contributed by atoms with Crippen molar-refractivity contribution in [2.45, 2.75) is 32.1 Å². The highest BCUT2D eigenvalue weighted by Crippen LogP contribution is 2.25. The fourth-order valence-corrected chi connectivity index (χ4v) is 2.84. The second-order valence-corrected chi connectivity index (χ2v) is 5.54. The lowest BCUT2D eigenvalue weighted by Crippen LogP contribution is -2.28. The number of rotatable bonds is 4. The maximum Gasteiger partial charge on any atom is 0.343 e. The van der Waals surface area contributed by atoms with Gasteiger partial charge in [0.15, 0.2) is 5.65 Å². The highest BCUT2D eigenvalue weighted by molar-refractivity contribution is 5.95. The summed E-state index contributed by atoms with van der Waals surface area (Å²) < 4.78 is 6.81. The van der Waals surface area contributed by atoms with Crippen molar-refractivity contribution in [3.05, 3.63) is 33.9 Å². The van der Waals surface area contributed by atoms with Crippen molar-refractivity contribution in [3.63, 3.8) is 0 Å². The third kappa shape index (κ3) is 3.56. The van der Waals surface area contributed by atoms with Gasteiger partial charge in [0.25, 0.3) is 5.56 Å². The van der Waals surface area contributed by atoms with Gasteiger partial charge < -0.3 is 15.0 Å². The number of carbonyl (C=O) groups excluding carboxylic acids is 1. The molecule has 0 spiro atoms. The molecule has 1 aliphatic rings. The number of hydrogen-bond donors (Lipinski definition) is 2. The van der Waals surface area contributed by atoms with Crippen LogP contribution in [0.1, 0.15) is 48.2 Å². The van der Waals surface area contributed by atoms with E-state index in [-0.39, 0.29) is 23.9 Å². The van der Waals surface area contributed by atoms with Gasteiger partial charge in [0.1, 0.15) is 5.56 Å². The first kappa shape index (κ1) is 17.5. The molecule has 2 N–H and O–H groups in total. The van der Waals surface area contributed by atoms with Crippen molar-refractivity contribution < 1.29 is 9.53 Å². The SMILES string of the molecule is CCCOC(=O)c1cnn2c(C3CCNCC3)cc(=O)[nH]c12.Cl. The van der Waals surface area contributed by atoms with E-state index in [0.717, 1.165) is 38.0 Å². The van der Waals surface area contributed by atoms with E-state index in [1.54, 1.807) is 10.6 Å². The number of nitrogens with zero attached hydrogens (tertiary/aromatic N) is 2. The maximum atomic E-state index is 12.1. The van der Waals surface area contributed by atoms with Crippen LogP contribution in [-0.4, -0.2) is 40.3 Å². The van der Waals surface area contributed by atoms with Crippen LogP contribution in [0.15, 0.2) is 17.1 Å². The van der Waals surface area contributed by atoms with Crippen LogP contribution >= 0.6 is 12.4 Å². The topological polar surface area (TPSA) is 88.5 Å². The van der Waals surface area contributed by atoms with Crippen LogP contribution in [0.3, 0.4) is 0 Å². The smallest absolute Gasteiger partial charge is 0.343 e. The van der Waals surface area contributed by atoms with Gasteiger partial charge in [-0.3, -0.25) is 4.79 Å². The highest BCUT2D eigenvalue weighted by Gasteiger charge is 2.22. The molecule has 23 heavy (non-hydrogen) atoms. The predicted octanol–water partition coefficient (Wildman–Crippen LogP) is 1.48. The van der Waals surface area contributed by atoms with Crippen LogP contribution < -0.4 is 10.9 Å². The van der Waals surface area contributed by atoms with E-state index >= 15 is 0 Å². The molecule has 1 fully saturated rings. The Bertz CT molecular complexity index is 734. The Balaban J connectivity index is 0.00000192. The molecule has 0 amide bonds. The molecule has 3 rings (SSSR count). The molecule has 0 unspecified atom stereocenters. The second-order valence-electron chi connectivity index (χ2n) is 5.54. The maximum absolute atomic E-state index is 12.1. The first-order chi connectivity index (χ1) is 10.7. The lowest BCUT2D eigenvalue weighted by atomic mass is 9.94. The molecule has 0 bridgehead atoms. The molecule has 0 radical (unpaired) electrons. The standard InChI is InChI=1S/C15H20N4O3.ClH/c1-2-7-22-15(21)11-9-17-19-12(8-13(20)18-14(11)19)10-3-5-16-6-4-10;/h8-10,16H,2-7H2,1H3,(H,18,20);1H. The predicted molar refractivity (Wildman–Crippen MR) is 88.5 cm³/mol. The number of nitrogens with one attached hydrogen (secondary N) is 2. The van der Waals surface area contributed by atoms with Gasteiger partial charge in [-0.15, -0.1) is 12.4 Å². The van der Waals surface area contributed by atoms with Crippen molar-refractivity contribution in [3.8, 4) is 0 Å². The molecule has 8 heteroatoms. The summed E-state index contributed by atoms with van der Waals surface area (Å²) in [5, 5.41) is 7.59. The third-order valence-corrected chi connectivity index (χ3v) is 3.95. The van der Waals surface area contributed by atoms with Crippen LogP contribution in [0, 0.1) is 0 Å². The number of hydrogen-bond acceptors (Lipinski definition) is 5. The molecule has 2 aromatic rings. The summed E-state index contributed by atoms with van der Waals surface area (Å²) in [6, 6.07) is 1.58. The molecule has 1 saturated heterocycles. The Kier molecular flexibility index (Phi) is 5.79. The van der Waals surface area contributed by atoms with Gasteiger partial charge in [-0.1, -0.05) is 6.92 Å². The summed E-state index contributed by atoms with van der Waals surface area (Å²) in [6.07, 6.45) is 4.12. The fourth-order valence-electron chi connectivity index (χ4n) is 2.84. The third-order valence-electron chi connectivity index (χ3n) is 3.95. The normalized spacial score (nSPS) is 15.3. The first-order valence-corrected chi connectivity index (χ1v) is 7.69. The van der Waals surface area contributed by atoms with Gasteiger partial charge in [0.2, 0.25) is 0 Å². The fraction of sp³-hybridized carbons (Fsp3) is 0.533. The van der Waals surface area contributed by atoms with Crippen molar-refractivity contribution in [2.24, 2.45) is 0 Å². The molecule has 126 valence electrons. The minimum absolute atomic E-state index is 0. The van der Waals surface area contributed by atoms with Gasteiger partial charge in [0, 0.05) is 12.0 Å². The largest absolute Gasteiger partial charge is 0.462 e. The number of carbonyl (C=O) groups is 1. The van der Waals surface area contributed by atoms with Gasteiger partial charge in [-0.05, 0) is 32.4 Å². The van der Waals surface area contributed by atoms with E-state index < -0.39 is 5.97 Å². The van der Waals surface area contributed by atoms with Gasteiger partial charge in [-0.2, -0.15) is 5.10 Å². The van der Waals surface area contributed by atoms with E-state index in [1.165, 1.54) is 6.20 Å². The molecular weight excluding hydrogens is 320 g/mol. The average Bonchev–Trinajstić information content (AvgIpc) is 2.96. The molecule has 1 aliphatic heterocycles. The molecule has 7 nitrogen and oxygen atoms in total. The Morgan fingerprint density at radius 1 is 1.43 bits per heavy atom. The number of aromatic amines is 1. The van der Waals surface area contributed by atoms with E-state index in [0.29, 0.717) is 17.8 Å². The van der Waals surface area contributed by atoms with Crippen molar-refractivity contribution in [1.29, 1.82) is 0 Å². The average molecular weight is 341 g/mol. The molecule has 0 saturated carbocycles. The first-order valence-electron chi connectivity index (χ1n) is 7.69. The monoisotopic (exact) mass is 340 g/mol. The van der Waals surface area contributed by atoms with E-state index in [4.69, 9.17) is 4.74 Å². The van der Waals surface area contributed by atoms with Gasteiger partial charge in [-0.25, -0.2) is 9.31 Å². The minimum Gasteiger partial charge on any atom is -0.462 e. The summed E-state index contributed by atoms with van der Waals surface area (Å²) in [6.45, 7) is 4.13. The number of H-pyrrole nitrogens is 1. The lowest BCUT2D eigenvalue weighted by molar-refractivity contribution is 0.0507. The summed E-state index contributed by atoms with van der Waals surface area (Å²) >= 11 is 0. The van der Waals surface area contributed by atoms with Crippen LogP contribution in [0.4, 0.5) is 0 Å².